The predicted molar refractivity (Wildman–Crippen MR) is 75.1 cm³/mol. The van der Waals surface area contributed by atoms with Gasteiger partial charge in [0.05, 0.1) is 12.3 Å². The van der Waals surface area contributed by atoms with E-state index in [2.05, 4.69) is 11.6 Å². The monoisotopic (exact) mass is 291 g/mol. The molecule has 0 aromatic heterocycles. The third-order valence-corrected chi connectivity index (χ3v) is 4.13. The molecule has 1 aliphatic rings. The van der Waals surface area contributed by atoms with Gasteiger partial charge in [0.1, 0.15) is 0 Å². The van der Waals surface area contributed by atoms with Crippen LogP contribution in [0.3, 0.4) is 0 Å². The van der Waals surface area contributed by atoms with Crippen molar-refractivity contribution in [1.82, 2.24) is 9.62 Å². The van der Waals surface area contributed by atoms with E-state index in [9.17, 15) is 13.2 Å². The summed E-state index contributed by atoms with van der Waals surface area (Å²) in [5.74, 6) is -0.00810. The van der Waals surface area contributed by atoms with Gasteiger partial charge in [-0.2, -0.15) is 0 Å². The van der Waals surface area contributed by atoms with Crippen LogP contribution < -0.4 is 10.5 Å². The van der Waals surface area contributed by atoms with Crippen LogP contribution in [0.25, 0.3) is 0 Å². The van der Waals surface area contributed by atoms with Crippen molar-refractivity contribution in [2.24, 2.45) is 5.73 Å². The summed E-state index contributed by atoms with van der Waals surface area (Å²) in [6, 6.07) is -0.481. The van der Waals surface area contributed by atoms with E-state index in [1.165, 1.54) is 0 Å². The lowest BCUT2D eigenvalue weighted by atomic mass is 10.0. The van der Waals surface area contributed by atoms with Crippen molar-refractivity contribution in [2.75, 3.05) is 19.3 Å². The Labute approximate surface area is 115 Å². The van der Waals surface area contributed by atoms with Crippen LogP contribution in [-0.4, -0.2) is 50.7 Å². The van der Waals surface area contributed by atoms with Gasteiger partial charge in [-0.15, -0.1) is 0 Å². The largest absolute Gasteiger partial charge is 0.341 e. The first-order valence-corrected chi connectivity index (χ1v) is 8.74. The highest BCUT2D eigenvalue weighted by Gasteiger charge is 2.27. The molecule has 1 fully saturated rings. The Morgan fingerprint density at radius 2 is 2.00 bits per heavy atom. The van der Waals surface area contributed by atoms with Crippen molar-refractivity contribution in [2.45, 2.75) is 51.1 Å². The van der Waals surface area contributed by atoms with Gasteiger partial charge in [-0.1, -0.05) is 19.8 Å². The molecule has 1 aliphatic heterocycles. The minimum absolute atomic E-state index is 0.00810. The van der Waals surface area contributed by atoms with E-state index in [1.54, 1.807) is 4.90 Å². The van der Waals surface area contributed by atoms with E-state index in [4.69, 9.17) is 5.73 Å². The van der Waals surface area contributed by atoms with Gasteiger partial charge in [0.15, 0.2) is 0 Å². The molecule has 7 heteroatoms. The molecule has 0 spiro atoms. The van der Waals surface area contributed by atoms with Crippen LogP contribution in [0, 0.1) is 0 Å². The fourth-order valence-corrected chi connectivity index (χ4v) is 3.14. The zero-order chi connectivity index (χ0) is 14.5. The Morgan fingerprint density at radius 1 is 1.42 bits per heavy atom. The lowest BCUT2D eigenvalue weighted by Gasteiger charge is -2.33. The van der Waals surface area contributed by atoms with Crippen LogP contribution in [0.5, 0.6) is 0 Å². The number of nitrogens with zero attached hydrogens (tertiary/aromatic N) is 1. The van der Waals surface area contributed by atoms with Crippen LogP contribution in [0.4, 0.5) is 0 Å². The molecule has 6 nitrogen and oxygen atoms in total. The molecule has 0 aliphatic carbocycles. The highest BCUT2D eigenvalue weighted by Crippen LogP contribution is 2.13. The lowest BCUT2D eigenvalue weighted by Crippen LogP contribution is -2.50. The maximum absolute atomic E-state index is 12.1. The quantitative estimate of drug-likeness (QED) is 0.723. The van der Waals surface area contributed by atoms with Crippen molar-refractivity contribution in [1.29, 1.82) is 0 Å². The number of amides is 1. The van der Waals surface area contributed by atoms with Crippen LogP contribution in [0.15, 0.2) is 0 Å². The smallest absolute Gasteiger partial charge is 0.239 e. The molecule has 1 heterocycles. The Balaban J connectivity index is 2.38. The van der Waals surface area contributed by atoms with Crippen LogP contribution in [0.1, 0.15) is 39.0 Å². The van der Waals surface area contributed by atoms with E-state index >= 15 is 0 Å². The topological polar surface area (TPSA) is 92.5 Å². The number of nitrogens with one attached hydrogen (secondary N) is 1. The number of unbranched alkanes of at least 4 members (excludes halogenated alkanes) is 1. The summed E-state index contributed by atoms with van der Waals surface area (Å²) >= 11 is 0. The third kappa shape index (κ3) is 5.88. The Bertz CT molecular complexity index is 389. The Kier molecular flexibility index (Phi) is 6.22. The number of nitrogens with two attached hydrogens (primary N) is 1. The van der Waals surface area contributed by atoms with Gasteiger partial charge in [0.2, 0.25) is 15.9 Å². The van der Waals surface area contributed by atoms with E-state index in [0.29, 0.717) is 25.9 Å². The molecule has 1 amide bonds. The molecule has 0 saturated carbocycles. The summed E-state index contributed by atoms with van der Waals surface area (Å²) in [6.07, 6.45) is 5.17. The average Bonchev–Trinajstić information content (AvgIpc) is 2.34. The first kappa shape index (κ1) is 16.4. The molecule has 1 saturated heterocycles. The summed E-state index contributed by atoms with van der Waals surface area (Å²) < 4.78 is 24.8. The molecule has 1 rings (SSSR count). The predicted octanol–water partition coefficient (Wildman–Crippen LogP) is 0.0441. The average molecular weight is 291 g/mol. The summed E-state index contributed by atoms with van der Waals surface area (Å²) in [5.41, 5.74) is 5.87. The summed E-state index contributed by atoms with van der Waals surface area (Å²) in [5, 5.41) is 0. The number of hydrogen-bond acceptors (Lipinski definition) is 4. The third-order valence-electron chi connectivity index (χ3n) is 3.37. The number of hydrogen-bond donors (Lipinski definition) is 2. The van der Waals surface area contributed by atoms with Gasteiger partial charge in [0, 0.05) is 19.1 Å². The van der Waals surface area contributed by atoms with Crippen molar-refractivity contribution in [3.8, 4) is 0 Å². The minimum Gasteiger partial charge on any atom is -0.341 e. The second-order valence-corrected chi connectivity index (χ2v) is 7.02. The Morgan fingerprint density at radius 3 is 2.47 bits per heavy atom. The van der Waals surface area contributed by atoms with Crippen molar-refractivity contribution in [3.05, 3.63) is 0 Å². The van der Waals surface area contributed by atoms with Gasteiger partial charge < -0.3 is 10.6 Å². The van der Waals surface area contributed by atoms with E-state index < -0.39 is 16.1 Å². The fraction of sp³-hybridized carbons (Fsp3) is 0.917. The number of rotatable bonds is 6. The normalized spacial score (nSPS) is 19.4. The Hall–Kier alpha value is -0.660. The first-order valence-electron chi connectivity index (χ1n) is 6.85. The van der Waals surface area contributed by atoms with E-state index in [0.717, 1.165) is 25.5 Å². The molecule has 1 atom stereocenters. The molecular weight excluding hydrogens is 266 g/mol. The summed E-state index contributed by atoms with van der Waals surface area (Å²) in [6.45, 7) is 3.22. The highest BCUT2D eigenvalue weighted by atomic mass is 32.2. The molecule has 1 unspecified atom stereocenters. The molecule has 112 valence electrons. The van der Waals surface area contributed by atoms with Crippen molar-refractivity contribution < 1.29 is 13.2 Å². The van der Waals surface area contributed by atoms with Crippen molar-refractivity contribution in [3.63, 3.8) is 0 Å². The number of sulfonamides is 1. The number of piperidine rings is 1. The van der Waals surface area contributed by atoms with Crippen LogP contribution in [-0.2, 0) is 14.8 Å². The first-order chi connectivity index (χ1) is 8.83. The second kappa shape index (κ2) is 7.21. The van der Waals surface area contributed by atoms with E-state index in [1.807, 2.05) is 0 Å². The van der Waals surface area contributed by atoms with Gasteiger partial charge in [0.25, 0.3) is 0 Å². The van der Waals surface area contributed by atoms with Gasteiger partial charge in [-0.25, -0.2) is 13.1 Å². The molecular formula is C12H25N3O3S. The fourth-order valence-electron chi connectivity index (χ4n) is 2.30. The molecule has 0 aromatic carbocycles. The van der Waals surface area contributed by atoms with Gasteiger partial charge in [-0.3, -0.25) is 4.79 Å². The molecule has 0 radical (unpaired) electrons. The lowest BCUT2D eigenvalue weighted by molar-refractivity contribution is -0.133. The van der Waals surface area contributed by atoms with Gasteiger partial charge >= 0.3 is 0 Å². The minimum atomic E-state index is -3.17. The second-order valence-electron chi connectivity index (χ2n) is 5.24. The number of likely N-dealkylation sites (tertiary alicyclic amines) is 1. The van der Waals surface area contributed by atoms with Crippen molar-refractivity contribution >= 4 is 15.9 Å². The van der Waals surface area contributed by atoms with Crippen LogP contribution in [0.2, 0.25) is 0 Å². The molecule has 3 N–H and O–H groups in total. The zero-order valence-corrected chi connectivity index (χ0v) is 12.6. The standard InChI is InChI=1S/C12H25N3O3S/c1-3-4-5-11(13)12(16)15-8-6-10(7-9-15)14-19(2,17)18/h10-11,14H,3-9,13H2,1-2H3. The van der Waals surface area contributed by atoms with E-state index in [-0.39, 0.29) is 11.9 Å². The maximum Gasteiger partial charge on any atom is 0.239 e. The molecule has 0 aromatic rings. The molecule has 19 heavy (non-hydrogen) atoms. The summed E-state index contributed by atoms with van der Waals surface area (Å²) in [4.78, 5) is 13.8. The highest BCUT2D eigenvalue weighted by molar-refractivity contribution is 7.88. The molecule has 0 bridgehead atoms. The maximum atomic E-state index is 12.1. The van der Waals surface area contributed by atoms with Crippen LogP contribution >= 0.6 is 0 Å². The summed E-state index contributed by atoms with van der Waals surface area (Å²) in [7, 11) is -3.17. The SMILES string of the molecule is CCCCC(N)C(=O)N1CCC(NS(C)(=O)=O)CC1. The van der Waals surface area contributed by atoms with Gasteiger partial charge in [-0.05, 0) is 19.3 Å². The number of carbonyl (C=O) groups is 1. The number of carbonyl (C=O) groups excluding carboxylic acids is 1. The zero-order valence-electron chi connectivity index (χ0n) is 11.8.